The summed E-state index contributed by atoms with van der Waals surface area (Å²) in [5, 5.41) is 0.0904. The number of nitrogens with zero attached hydrogens (tertiary/aromatic N) is 1. The van der Waals surface area contributed by atoms with Gasteiger partial charge in [0.05, 0.1) is 11.6 Å². The summed E-state index contributed by atoms with van der Waals surface area (Å²) in [6, 6.07) is 4.75. The molecular formula is C9H7ClFNO. The summed E-state index contributed by atoms with van der Waals surface area (Å²) >= 11 is 5.54. The fourth-order valence-corrected chi connectivity index (χ4v) is 1.16. The van der Waals surface area contributed by atoms with Gasteiger partial charge in [0.1, 0.15) is 5.82 Å². The van der Waals surface area contributed by atoms with Gasteiger partial charge in [-0.2, -0.15) is 0 Å². The smallest absolute Gasteiger partial charge is 0.211 e. The number of benzene rings is 1. The van der Waals surface area contributed by atoms with E-state index in [9.17, 15) is 9.18 Å². The normalized spacial score (nSPS) is 9.38. The third kappa shape index (κ3) is 2.65. The second kappa shape index (κ2) is 4.75. The van der Waals surface area contributed by atoms with Gasteiger partial charge in [-0.15, -0.1) is 0 Å². The third-order valence-electron chi connectivity index (χ3n) is 1.59. The SMILES string of the molecule is O=C=NCCc1cccc(Cl)c1F. The fourth-order valence-electron chi connectivity index (χ4n) is 0.964. The van der Waals surface area contributed by atoms with Crippen molar-refractivity contribution in [2.24, 2.45) is 4.99 Å². The molecule has 0 amide bonds. The molecule has 0 spiro atoms. The van der Waals surface area contributed by atoms with Gasteiger partial charge in [-0.1, -0.05) is 23.7 Å². The monoisotopic (exact) mass is 199 g/mol. The molecular weight excluding hydrogens is 193 g/mol. The minimum absolute atomic E-state index is 0.0904. The Morgan fingerprint density at radius 2 is 2.31 bits per heavy atom. The fraction of sp³-hybridized carbons (Fsp3) is 0.222. The maximum absolute atomic E-state index is 13.2. The number of carbonyl (C=O) groups excluding carboxylic acids is 1. The molecule has 0 aliphatic heterocycles. The molecule has 0 heterocycles. The van der Waals surface area contributed by atoms with Gasteiger partial charge in [-0.25, -0.2) is 14.2 Å². The van der Waals surface area contributed by atoms with Crippen LogP contribution in [0.5, 0.6) is 0 Å². The van der Waals surface area contributed by atoms with Crippen molar-refractivity contribution in [1.29, 1.82) is 0 Å². The van der Waals surface area contributed by atoms with Crippen LogP contribution in [0.4, 0.5) is 4.39 Å². The summed E-state index contributed by atoms with van der Waals surface area (Å²) in [6.45, 7) is 0.237. The van der Waals surface area contributed by atoms with Crippen molar-refractivity contribution in [1.82, 2.24) is 0 Å². The van der Waals surface area contributed by atoms with Crippen LogP contribution in [0, 0.1) is 5.82 Å². The van der Waals surface area contributed by atoms with E-state index in [1.165, 1.54) is 12.1 Å². The largest absolute Gasteiger partial charge is 0.234 e. The van der Waals surface area contributed by atoms with Crippen LogP contribution in [0.15, 0.2) is 23.2 Å². The predicted molar refractivity (Wildman–Crippen MR) is 48.1 cm³/mol. The number of isocyanates is 1. The molecule has 0 unspecified atom stereocenters. The van der Waals surface area contributed by atoms with Crippen LogP contribution in [0.3, 0.4) is 0 Å². The highest BCUT2D eigenvalue weighted by molar-refractivity contribution is 6.30. The summed E-state index contributed by atoms with van der Waals surface area (Å²) in [4.78, 5) is 13.1. The molecule has 0 fully saturated rings. The average Bonchev–Trinajstić information content (AvgIpc) is 2.13. The van der Waals surface area contributed by atoms with Crippen molar-refractivity contribution in [2.45, 2.75) is 6.42 Å². The number of rotatable bonds is 3. The Balaban J connectivity index is 2.76. The van der Waals surface area contributed by atoms with E-state index in [1.807, 2.05) is 0 Å². The van der Waals surface area contributed by atoms with E-state index in [4.69, 9.17) is 11.6 Å². The van der Waals surface area contributed by atoms with Crippen molar-refractivity contribution in [3.8, 4) is 0 Å². The number of hydrogen-bond acceptors (Lipinski definition) is 2. The summed E-state index contributed by atoms with van der Waals surface area (Å²) in [7, 11) is 0. The Bertz CT molecular complexity index is 347. The standard InChI is InChI=1S/C9H7ClFNO/c10-8-3-1-2-7(9(8)11)4-5-12-6-13/h1-3H,4-5H2. The van der Waals surface area contributed by atoms with Crippen molar-refractivity contribution < 1.29 is 9.18 Å². The molecule has 0 N–H and O–H groups in total. The van der Waals surface area contributed by atoms with E-state index in [-0.39, 0.29) is 11.6 Å². The lowest BCUT2D eigenvalue weighted by molar-refractivity contribution is 0.562. The molecule has 2 nitrogen and oxygen atoms in total. The van der Waals surface area contributed by atoms with Crippen molar-refractivity contribution >= 4 is 17.7 Å². The van der Waals surface area contributed by atoms with Crippen molar-refractivity contribution in [3.05, 3.63) is 34.6 Å². The zero-order valence-corrected chi connectivity index (χ0v) is 7.51. The molecule has 0 bridgehead atoms. The minimum atomic E-state index is -0.440. The van der Waals surface area contributed by atoms with E-state index >= 15 is 0 Å². The minimum Gasteiger partial charge on any atom is -0.211 e. The number of aliphatic imine (C=N–C) groups is 1. The van der Waals surface area contributed by atoms with Crippen LogP contribution in [-0.4, -0.2) is 12.6 Å². The molecule has 1 aromatic carbocycles. The summed E-state index contributed by atoms with van der Waals surface area (Å²) < 4.78 is 13.2. The topological polar surface area (TPSA) is 29.4 Å². The summed E-state index contributed by atoms with van der Waals surface area (Å²) in [5.74, 6) is -0.440. The molecule has 0 aliphatic carbocycles. The number of halogens is 2. The first-order valence-corrected chi connectivity index (χ1v) is 4.10. The van der Waals surface area contributed by atoms with Crippen LogP contribution in [0.1, 0.15) is 5.56 Å². The highest BCUT2D eigenvalue weighted by Crippen LogP contribution is 2.17. The van der Waals surface area contributed by atoms with E-state index in [2.05, 4.69) is 4.99 Å². The molecule has 0 saturated heterocycles. The van der Waals surface area contributed by atoms with Gasteiger partial charge < -0.3 is 0 Å². The summed E-state index contributed by atoms with van der Waals surface area (Å²) in [5.41, 5.74) is 0.464. The Morgan fingerprint density at radius 3 is 3.00 bits per heavy atom. The average molecular weight is 200 g/mol. The number of hydrogen-bond donors (Lipinski definition) is 0. The Kier molecular flexibility index (Phi) is 3.62. The predicted octanol–water partition coefficient (Wildman–Crippen LogP) is 2.36. The van der Waals surface area contributed by atoms with Crippen molar-refractivity contribution in [2.75, 3.05) is 6.54 Å². The Labute approximate surface area is 80.1 Å². The maximum atomic E-state index is 13.2. The zero-order chi connectivity index (χ0) is 9.68. The van der Waals surface area contributed by atoms with Crippen LogP contribution in [0.2, 0.25) is 5.02 Å². The Hall–Kier alpha value is -1.18. The highest BCUT2D eigenvalue weighted by atomic mass is 35.5. The zero-order valence-electron chi connectivity index (χ0n) is 6.76. The molecule has 0 aromatic heterocycles. The second-order valence-corrected chi connectivity index (χ2v) is 2.84. The van der Waals surface area contributed by atoms with Gasteiger partial charge in [0, 0.05) is 0 Å². The molecule has 0 aliphatic rings. The van der Waals surface area contributed by atoms with Gasteiger partial charge in [-0.05, 0) is 18.1 Å². The van der Waals surface area contributed by atoms with E-state index in [1.54, 1.807) is 12.1 Å². The molecule has 0 atom stereocenters. The molecule has 1 rings (SSSR count). The molecule has 0 saturated carbocycles. The Morgan fingerprint density at radius 1 is 1.54 bits per heavy atom. The summed E-state index contributed by atoms with van der Waals surface area (Å²) in [6.07, 6.45) is 1.75. The van der Waals surface area contributed by atoms with E-state index in [0.29, 0.717) is 12.0 Å². The van der Waals surface area contributed by atoms with Crippen LogP contribution >= 0.6 is 11.6 Å². The first-order chi connectivity index (χ1) is 6.25. The lowest BCUT2D eigenvalue weighted by Crippen LogP contribution is -1.94. The van der Waals surface area contributed by atoms with Gasteiger partial charge in [-0.3, -0.25) is 0 Å². The molecule has 68 valence electrons. The van der Waals surface area contributed by atoms with Gasteiger partial charge in [0.15, 0.2) is 0 Å². The molecule has 1 aromatic rings. The lowest BCUT2D eigenvalue weighted by atomic mass is 10.1. The molecule has 4 heteroatoms. The van der Waals surface area contributed by atoms with Crippen LogP contribution in [0.25, 0.3) is 0 Å². The van der Waals surface area contributed by atoms with E-state index in [0.717, 1.165) is 0 Å². The lowest BCUT2D eigenvalue weighted by Gasteiger charge is -2.00. The van der Waals surface area contributed by atoms with Gasteiger partial charge in [0.25, 0.3) is 0 Å². The highest BCUT2D eigenvalue weighted by Gasteiger charge is 2.04. The first kappa shape index (κ1) is 9.90. The van der Waals surface area contributed by atoms with Crippen LogP contribution in [-0.2, 0) is 11.2 Å². The molecule has 13 heavy (non-hydrogen) atoms. The van der Waals surface area contributed by atoms with Gasteiger partial charge in [0.2, 0.25) is 6.08 Å². The molecule has 0 radical (unpaired) electrons. The third-order valence-corrected chi connectivity index (χ3v) is 1.88. The quantitative estimate of drug-likeness (QED) is 0.543. The second-order valence-electron chi connectivity index (χ2n) is 2.44. The first-order valence-electron chi connectivity index (χ1n) is 3.72. The maximum Gasteiger partial charge on any atom is 0.234 e. The van der Waals surface area contributed by atoms with Crippen molar-refractivity contribution in [3.63, 3.8) is 0 Å². The van der Waals surface area contributed by atoms with Gasteiger partial charge >= 0.3 is 0 Å². The van der Waals surface area contributed by atoms with E-state index < -0.39 is 5.82 Å². The van der Waals surface area contributed by atoms with Crippen LogP contribution < -0.4 is 0 Å².